The predicted octanol–water partition coefficient (Wildman–Crippen LogP) is 1.16. The van der Waals surface area contributed by atoms with Gasteiger partial charge in [-0.1, -0.05) is 40.0 Å². The van der Waals surface area contributed by atoms with Crippen LogP contribution in [0.25, 0.3) is 0 Å². The van der Waals surface area contributed by atoms with Gasteiger partial charge in [-0.15, -0.1) is 0 Å². The quantitative estimate of drug-likeness (QED) is 0.483. The van der Waals surface area contributed by atoms with Crippen LogP contribution >= 0.6 is 0 Å². The lowest BCUT2D eigenvalue weighted by Gasteiger charge is -1.70. The van der Waals surface area contributed by atoms with E-state index in [1.807, 2.05) is 0 Å². The first kappa shape index (κ1) is 31.8. The van der Waals surface area contributed by atoms with E-state index >= 15 is 0 Å². The molecule has 0 atom stereocenters. The Morgan fingerprint density at radius 3 is 0.818 bits per heavy atom. The highest BCUT2D eigenvalue weighted by molar-refractivity contribution is 5.79. The van der Waals surface area contributed by atoms with Gasteiger partial charge >= 0.3 is 17.9 Å². The fourth-order valence-corrected chi connectivity index (χ4v) is 0. The minimum atomic E-state index is -0.981. The average molecular weight is 322 g/mol. The maximum Gasteiger partial charge on any atom is 0.327 e. The van der Waals surface area contributed by atoms with E-state index in [1.54, 1.807) is 0 Å². The summed E-state index contributed by atoms with van der Waals surface area (Å²) in [7, 11) is 0. The van der Waals surface area contributed by atoms with Crippen LogP contribution in [0.3, 0.4) is 0 Å². The van der Waals surface area contributed by atoms with Gasteiger partial charge in [0.2, 0.25) is 0 Å². The Morgan fingerprint density at radius 2 is 0.818 bits per heavy atom. The van der Waals surface area contributed by atoms with Crippen molar-refractivity contribution in [3.05, 3.63) is 38.0 Å². The number of hydrogen-bond acceptors (Lipinski definition) is 5. The number of aliphatic hydroxyl groups excluding tert-OH is 2. The molecule has 0 heterocycles. The highest BCUT2D eigenvalue weighted by Gasteiger charge is 1.74. The fraction of sp³-hybridized carbons (Fsp3) is 0.357. The molecule has 5 N–H and O–H groups in total. The van der Waals surface area contributed by atoms with Crippen LogP contribution in [-0.2, 0) is 14.4 Å². The zero-order valence-electron chi connectivity index (χ0n) is 12.9. The smallest absolute Gasteiger partial charge is 0.327 e. The minimum absolute atomic E-state index is 0.125. The van der Waals surface area contributed by atoms with Crippen LogP contribution in [0.2, 0.25) is 0 Å². The SMILES string of the molecule is C=CC(=O)O.C=CC(=O)O.C=CC(=O)O.CCC.OCCO. The molecule has 8 heteroatoms. The minimum Gasteiger partial charge on any atom is -0.478 e. The lowest BCUT2D eigenvalue weighted by molar-refractivity contribution is -0.132. The van der Waals surface area contributed by atoms with Crippen molar-refractivity contribution in [2.75, 3.05) is 13.2 Å². The summed E-state index contributed by atoms with van der Waals surface area (Å²) in [6, 6.07) is 0. The molecule has 0 aliphatic carbocycles. The molecule has 0 aromatic heterocycles. The second kappa shape index (κ2) is 36.3. The van der Waals surface area contributed by atoms with E-state index in [2.05, 4.69) is 33.6 Å². The molecule has 0 saturated carbocycles. The second-order valence-electron chi connectivity index (χ2n) is 2.78. The molecule has 0 aliphatic rings. The zero-order valence-corrected chi connectivity index (χ0v) is 12.9. The molecule has 0 radical (unpaired) electrons. The summed E-state index contributed by atoms with van der Waals surface area (Å²) in [5.41, 5.74) is 0. The van der Waals surface area contributed by atoms with Crippen LogP contribution in [0.4, 0.5) is 0 Å². The topological polar surface area (TPSA) is 152 Å². The van der Waals surface area contributed by atoms with Crippen LogP contribution in [0.1, 0.15) is 20.3 Å². The fourth-order valence-electron chi connectivity index (χ4n) is 0. The largest absolute Gasteiger partial charge is 0.478 e. The number of carbonyl (C=O) groups is 3. The Morgan fingerprint density at radius 1 is 0.727 bits per heavy atom. The summed E-state index contributed by atoms with van der Waals surface area (Å²) in [5, 5.41) is 38.1. The van der Waals surface area contributed by atoms with E-state index in [0.29, 0.717) is 0 Å². The summed E-state index contributed by atoms with van der Waals surface area (Å²) < 4.78 is 0. The summed E-state index contributed by atoms with van der Waals surface area (Å²) in [5.74, 6) is -2.94. The highest BCUT2D eigenvalue weighted by atomic mass is 16.4. The van der Waals surface area contributed by atoms with Gasteiger partial charge in [-0.25, -0.2) is 14.4 Å². The van der Waals surface area contributed by atoms with Crippen molar-refractivity contribution < 1.29 is 39.9 Å². The van der Waals surface area contributed by atoms with Crippen molar-refractivity contribution in [1.29, 1.82) is 0 Å². The maximum absolute atomic E-state index is 9.25. The average Bonchev–Trinajstić information content (AvgIpc) is 2.49. The molecular formula is C14H26O8. The first-order chi connectivity index (χ1) is 10.1. The molecule has 0 aromatic carbocycles. The molecule has 130 valence electrons. The Labute approximate surface area is 130 Å². The summed E-state index contributed by atoms with van der Waals surface area (Å²) in [6.45, 7) is 12.9. The van der Waals surface area contributed by atoms with Crippen molar-refractivity contribution in [3.63, 3.8) is 0 Å². The maximum atomic E-state index is 9.25. The van der Waals surface area contributed by atoms with Crippen LogP contribution in [0.15, 0.2) is 38.0 Å². The molecule has 0 unspecified atom stereocenters. The van der Waals surface area contributed by atoms with E-state index in [4.69, 9.17) is 25.5 Å². The Bertz CT molecular complexity index is 252. The Kier molecular flexibility index (Phi) is 52.4. The highest BCUT2D eigenvalue weighted by Crippen LogP contribution is 1.56. The van der Waals surface area contributed by atoms with Gasteiger partial charge in [0.05, 0.1) is 13.2 Å². The molecule has 0 bridgehead atoms. The van der Waals surface area contributed by atoms with Gasteiger partial charge in [0.25, 0.3) is 0 Å². The van der Waals surface area contributed by atoms with Crippen molar-refractivity contribution in [2.45, 2.75) is 20.3 Å². The molecule has 0 saturated heterocycles. The van der Waals surface area contributed by atoms with Crippen molar-refractivity contribution in [3.8, 4) is 0 Å². The Balaban J connectivity index is -0.0000000554. The van der Waals surface area contributed by atoms with Gasteiger partial charge < -0.3 is 25.5 Å². The van der Waals surface area contributed by atoms with E-state index < -0.39 is 17.9 Å². The van der Waals surface area contributed by atoms with Crippen molar-refractivity contribution >= 4 is 17.9 Å². The number of aliphatic carboxylic acids is 3. The molecule has 0 aromatic rings. The normalized spacial score (nSPS) is 6.55. The van der Waals surface area contributed by atoms with E-state index in [9.17, 15) is 14.4 Å². The van der Waals surface area contributed by atoms with E-state index in [-0.39, 0.29) is 13.2 Å². The first-order valence-corrected chi connectivity index (χ1v) is 5.92. The van der Waals surface area contributed by atoms with Gasteiger partial charge in [0.15, 0.2) is 0 Å². The first-order valence-electron chi connectivity index (χ1n) is 5.92. The Hall–Kier alpha value is -2.45. The van der Waals surface area contributed by atoms with E-state index in [0.717, 1.165) is 18.2 Å². The van der Waals surface area contributed by atoms with Crippen LogP contribution in [0.5, 0.6) is 0 Å². The lowest BCUT2D eigenvalue weighted by atomic mass is 10.6. The summed E-state index contributed by atoms with van der Waals surface area (Å²) in [6.07, 6.45) is 3.75. The number of aliphatic hydroxyl groups is 2. The molecule has 0 amide bonds. The van der Waals surface area contributed by atoms with Crippen LogP contribution in [0, 0.1) is 0 Å². The molecule has 0 aliphatic heterocycles. The number of carboxylic acid groups (broad SMARTS) is 3. The standard InChI is InChI=1S/3C3H4O2.C3H8.C2H6O2/c3*1-2-3(4)5;1-3-2;3-1-2-4/h3*2H,1H2,(H,4,5);3H2,1-2H3;3-4H,1-2H2. The third-order valence-electron chi connectivity index (χ3n) is 0.624. The second-order valence-corrected chi connectivity index (χ2v) is 2.78. The molecule has 0 fully saturated rings. The molecule has 0 rings (SSSR count). The van der Waals surface area contributed by atoms with Gasteiger partial charge in [0, 0.05) is 18.2 Å². The van der Waals surface area contributed by atoms with E-state index in [1.165, 1.54) is 6.42 Å². The molecule has 8 nitrogen and oxygen atoms in total. The van der Waals surface area contributed by atoms with Crippen molar-refractivity contribution in [1.82, 2.24) is 0 Å². The zero-order chi connectivity index (χ0) is 19.0. The number of carboxylic acids is 3. The predicted molar refractivity (Wildman–Crippen MR) is 83.6 cm³/mol. The molecule has 22 heavy (non-hydrogen) atoms. The number of hydrogen-bond donors (Lipinski definition) is 5. The summed E-state index contributed by atoms with van der Waals surface area (Å²) in [4.78, 5) is 27.8. The van der Waals surface area contributed by atoms with Gasteiger partial charge in [0.1, 0.15) is 0 Å². The van der Waals surface area contributed by atoms with Crippen LogP contribution in [-0.4, -0.2) is 56.7 Å². The van der Waals surface area contributed by atoms with Gasteiger partial charge in [-0.3, -0.25) is 0 Å². The van der Waals surface area contributed by atoms with Crippen LogP contribution < -0.4 is 0 Å². The molecule has 0 spiro atoms. The third kappa shape index (κ3) is 232. The monoisotopic (exact) mass is 322 g/mol. The summed E-state index contributed by atoms with van der Waals surface area (Å²) >= 11 is 0. The van der Waals surface area contributed by atoms with Crippen molar-refractivity contribution in [2.24, 2.45) is 0 Å². The van der Waals surface area contributed by atoms with Gasteiger partial charge in [-0.05, 0) is 0 Å². The lowest BCUT2D eigenvalue weighted by Crippen LogP contribution is -1.85. The molecular weight excluding hydrogens is 296 g/mol. The third-order valence-corrected chi connectivity index (χ3v) is 0.624. The van der Waals surface area contributed by atoms with Gasteiger partial charge in [-0.2, -0.15) is 0 Å². The number of rotatable bonds is 4.